The molecule has 0 radical (unpaired) electrons. The molecule has 2 heterocycles. The molecule has 0 fully saturated rings. The summed E-state index contributed by atoms with van der Waals surface area (Å²) in [6.07, 6.45) is 3.26. The monoisotopic (exact) mass is 238 g/mol. The van der Waals surface area contributed by atoms with Crippen LogP contribution < -0.4 is 17.0 Å². The first-order valence-corrected chi connectivity index (χ1v) is 5.33. The predicted molar refractivity (Wildman–Crippen MR) is 60.1 cm³/mol. The van der Waals surface area contributed by atoms with Gasteiger partial charge in [-0.1, -0.05) is 11.3 Å². The molecule has 84 valence electrons. The Labute approximate surface area is 94.9 Å². The van der Waals surface area contributed by atoms with E-state index in [1.54, 1.807) is 6.20 Å². The topological polar surface area (TPSA) is 98.7 Å². The maximum atomic E-state index is 11.4. The standard InChI is InChI=1S/C8H10N6OS/c1-5-2-10-8(15)14(3-5)4-6-12-13-7(11-9)16-6/h2-3H,4,9H2,1H3,(H,11,13). The average Bonchev–Trinajstić information content (AvgIpc) is 2.71. The van der Waals surface area contributed by atoms with E-state index >= 15 is 0 Å². The van der Waals surface area contributed by atoms with Crippen molar-refractivity contribution in [1.29, 1.82) is 0 Å². The number of aromatic nitrogens is 4. The fraction of sp³-hybridized carbons (Fsp3) is 0.250. The van der Waals surface area contributed by atoms with Gasteiger partial charge in [-0.05, 0) is 12.5 Å². The van der Waals surface area contributed by atoms with Crippen LogP contribution in [0, 0.1) is 6.92 Å². The quantitative estimate of drug-likeness (QED) is 0.564. The van der Waals surface area contributed by atoms with E-state index in [-0.39, 0.29) is 5.69 Å². The Balaban J connectivity index is 2.26. The van der Waals surface area contributed by atoms with Crippen molar-refractivity contribution in [3.8, 4) is 0 Å². The Bertz CT molecular complexity index is 547. The second kappa shape index (κ2) is 4.37. The Morgan fingerprint density at radius 1 is 1.56 bits per heavy atom. The summed E-state index contributed by atoms with van der Waals surface area (Å²) in [4.78, 5) is 15.1. The van der Waals surface area contributed by atoms with Crippen molar-refractivity contribution in [2.45, 2.75) is 13.5 Å². The molecule has 0 aliphatic heterocycles. The minimum absolute atomic E-state index is 0.303. The van der Waals surface area contributed by atoms with Crippen LogP contribution in [0.25, 0.3) is 0 Å². The summed E-state index contributed by atoms with van der Waals surface area (Å²) >= 11 is 1.30. The molecule has 7 nitrogen and oxygen atoms in total. The van der Waals surface area contributed by atoms with Crippen molar-refractivity contribution in [3.05, 3.63) is 33.4 Å². The van der Waals surface area contributed by atoms with Gasteiger partial charge < -0.3 is 0 Å². The van der Waals surface area contributed by atoms with Gasteiger partial charge in [-0.15, -0.1) is 10.2 Å². The molecular formula is C8H10N6OS. The van der Waals surface area contributed by atoms with Crippen molar-refractivity contribution >= 4 is 16.5 Å². The van der Waals surface area contributed by atoms with Crippen molar-refractivity contribution in [2.24, 2.45) is 5.84 Å². The summed E-state index contributed by atoms with van der Waals surface area (Å²) in [5, 5.41) is 8.89. The summed E-state index contributed by atoms with van der Waals surface area (Å²) in [5.74, 6) is 5.19. The first-order valence-electron chi connectivity index (χ1n) is 4.51. The normalized spacial score (nSPS) is 10.4. The second-order valence-electron chi connectivity index (χ2n) is 3.19. The minimum Gasteiger partial charge on any atom is -0.298 e. The van der Waals surface area contributed by atoms with Crippen LogP contribution in [-0.4, -0.2) is 19.7 Å². The lowest BCUT2D eigenvalue weighted by molar-refractivity contribution is 0.710. The molecule has 0 atom stereocenters. The van der Waals surface area contributed by atoms with Crippen LogP contribution in [0.5, 0.6) is 0 Å². The van der Waals surface area contributed by atoms with Crippen LogP contribution in [0.15, 0.2) is 17.2 Å². The molecule has 0 aromatic carbocycles. The van der Waals surface area contributed by atoms with E-state index in [4.69, 9.17) is 5.84 Å². The number of aryl methyl sites for hydroxylation is 1. The minimum atomic E-state index is -0.303. The highest BCUT2D eigenvalue weighted by atomic mass is 32.1. The molecule has 2 rings (SSSR count). The molecule has 3 N–H and O–H groups in total. The number of rotatable bonds is 3. The number of nitrogens with zero attached hydrogens (tertiary/aromatic N) is 4. The van der Waals surface area contributed by atoms with Crippen LogP contribution in [0.4, 0.5) is 5.13 Å². The Kier molecular flexibility index (Phi) is 2.93. The fourth-order valence-corrected chi connectivity index (χ4v) is 1.85. The summed E-state index contributed by atoms with van der Waals surface area (Å²) in [5.41, 5.74) is 3.02. The van der Waals surface area contributed by atoms with Gasteiger partial charge in [0.2, 0.25) is 5.13 Å². The fourth-order valence-electron chi connectivity index (χ4n) is 1.20. The zero-order chi connectivity index (χ0) is 11.5. The SMILES string of the molecule is Cc1cnc(=O)n(Cc2nnc(NN)s2)c1. The van der Waals surface area contributed by atoms with Crippen molar-refractivity contribution < 1.29 is 0 Å². The third-order valence-corrected chi connectivity index (χ3v) is 2.72. The number of anilines is 1. The molecule has 0 spiro atoms. The van der Waals surface area contributed by atoms with Crippen LogP contribution in [0.3, 0.4) is 0 Å². The van der Waals surface area contributed by atoms with Crippen molar-refractivity contribution in [3.63, 3.8) is 0 Å². The molecule has 0 unspecified atom stereocenters. The van der Waals surface area contributed by atoms with Gasteiger partial charge in [-0.2, -0.15) is 0 Å². The van der Waals surface area contributed by atoms with E-state index in [9.17, 15) is 4.79 Å². The van der Waals surface area contributed by atoms with Crippen LogP contribution in [-0.2, 0) is 6.54 Å². The Morgan fingerprint density at radius 3 is 3.06 bits per heavy atom. The third-order valence-electron chi connectivity index (χ3n) is 1.88. The Morgan fingerprint density at radius 2 is 2.38 bits per heavy atom. The highest BCUT2D eigenvalue weighted by Crippen LogP contribution is 2.13. The zero-order valence-corrected chi connectivity index (χ0v) is 9.36. The van der Waals surface area contributed by atoms with Crippen LogP contribution in [0.1, 0.15) is 10.6 Å². The first kappa shape index (κ1) is 10.7. The number of hydrogen-bond acceptors (Lipinski definition) is 7. The van der Waals surface area contributed by atoms with Gasteiger partial charge in [0.15, 0.2) is 0 Å². The number of hydrazine groups is 1. The highest BCUT2D eigenvalue weighted by molar-refractivity contribution is 7.15. The van der Waals surface area contributed by atoms with Gasteiger partial charge in [-0.25, -0.2) is 15.6 Å². The van der Waals surface area contributed by atoms with E-state index in [0.717, 1.165) is 5.56 Å². The number of hydrogen-bond donors (Lipinski definition) is 2. The molecule has 0 saturated heterocycles. The molecule has 2 aromatic rings. The first-order chi connectivity index (χ1) is 7.69. The van der Waals surface area contributed by atoms with E-state index < -0.39 is 0 Å². The van der Waals surface area contributed by atoms with Gasteiger partial charge in [0.1, 0.15) is 5.01 Å². The third kappa shape index (κ3) is 2.23. The smallest absolute Gasteiger partial charge is 0.298 e. The maximum Gasteiger partial charge on any atom is 0.347 e. The summed E-state index contributed by atoms with van der Waals surface area (Å²) in [6.45, 7) is 2.22. The maximum absolute atomic E-state index is 11.4. The van der Waals surface area contributed by atoms with Gasteiger partial charge in [0.25, 0.3) is 0 Å². The highest BCUT2D eigenvalue weighted by Gasteiger charge is 2.05. The molecule has 8 heteroatoms. The van der Waals surface area contributed by atoms with Crippen molar-refractivity contribution in [2.75, 3.05) is 5.43 Å². The number of nitrogens with two attached hydrogens (primary N) is 1. The summed E-state index contributed by atoms with van der Waals surface area (Å²) in [6, 6.07) is 0. The lowest BCUT2D eigenvalue weighted by Gasteiger charge is -2.01. The summed E-state index contributed by atoms with van der Waals surface area (Å²) < 4.78 is 1.48. The molecule has 2 aromatic heterocycles. The van der Waals surface area contributed by atoms with E-state index in [1.807, 2.05) is 6.92 Å². The molecular weight excluding hydrogens is 228 g/mol. The lowest BCUT2D eigenvalue weighted by atomic mass is 10.4. The van der Waals surface area contributed by atoms with E-state index in [0.29, 0.717) is 16.7 Å². The van der Waals surface area contributed by atoms with Crippen LogP contribution in [0.2, 0.25) is 0 Å². The Hall–Kier alpha value is -1.80. The lowest BCUT2D eigenvalue weighted by Crippen LogP contribution is -2.22. The predicted octanol–water partition coefficient (Wildman–Crippen LogP) is -0.263. The molecule has 0 saturated carbocycles. The zero-order valence-electron chi connectivity index (χ0n) is 8.54. The van der Waals surface area contributed by atoms with Gasteiger partial charge >= 0.3 is 5.69 Å². The average molecular weight is 238 g/mol. The van der Waals surface area contributed by atoms with Crippen LogP contribution >= 0.6 is 11.3 Å². The van der Waals surface area contributed by atoms with Crippen molar-refractivity contribution in [1.82, 2.24) is 19.7 Å². The molecule has 16 heavy (non-hydrogen) atoms. The molecule has 0 aliphatic rings. The molecule has 0 aliphatic carbocycles. The number of nitrogen functional groups attached to an aromatic ring is 1. The molecule has 0 amide bonds. The largest absolute Gasteiger partial charge is 0.347 e. The second-order valence-corrected chi connectivity index (χ2v) is 4.25. The summed E-state index contributed by atoms with van der Waals surface area (Å²) in [7, 11) is 0. The van der Waals surface area contributed by atoms with E-state index in [2.05, 4.69) is 20.6 Å². The van der Waals surface area contributed by atoms with Gasteiger partial charge in [-0.3, -0.25) is 9.99 Å². The molecule has 0 bridgehead atoms. The van der Waals surface area contributed by atoms with Gasteiger partial charge in [0, 0.05) is 12.4 Å². The van der Waals surface area contributed by atoms with E-state index in [1.165, 1.54) is 22.1 Å². The van der Waals surface area contributed by atoms with Gasteiger partial charge in [0.05, 0.1) is 6.54 Å². The number of nitrogens with one attached hydrogen (secondary N) is 1.